The van der Waals surface area contributed by atoms with Gasteiger partial charge >= 0.3 is 0 Å². The molecular weight excluding hydrogens is 306 g/mol. The van der Waals surface area contributed by atoms with E-state index < -0.39 is 0 Å². The second kappa shape index (κ2) is 6.47. The molecule has 0 atom stereocenters. The number of hydrogen-bond donors (Lipinski definition) is 2. The topological polar surface area (TPSA) is 82.3 Å². The number of aromatic amines is 1. The van der Waals surface area contributed by atoms with Crippen LogP contribution in [0.15, 0.2) is 29.1 Å². The molecule has 0 saturated carbocycles. The standard InChI is InChI=1S/C18H21N3O3/c1-11-9-17(23)20-16-10-14(3-4-15(11)16)19-18(24)13-5-7-21(8-6-13)12(2)22/h3-4,9-10,13H,5-8H2,1-2H3,(H,19,24)(H,20,23). The highest BCUT2D eigenvalue weighted by molar-refractivity contribution is 5.95. The highest BCUT2D eigenvalue weighted by Crippen LogP contribution is 2.22. The minimum atomic E-state index is -0.153. The fraction of sp³-hybridized carbons (Fsp3) is 0.389. The molecule has 1 saturated heterocycles. The van der Waals surface area contributed by atoms with E-state index in [0.717, 1.165) is 10.9 Å². The van der Waals surface area contributed by atoms with Gasteiger partial charge in [0.2, 0.25) is 17.4 Å². The Hall–Kier alpha value is -2.63. The maximum Gasteiger partial charge on any atom is 0.248 e. The summed E-state index contributed by atoms with van der Waals surface area (Å²) in [4.78, 5) is 39.9. The van der Waals surface area contributed by atoms with E-state index in [1.165, 1.54) is 0 Å². The maximum absolute atomic E-state index is 12.4. The predicted molar refractivity (Wildman–Crippen MR) is 92.9 cm³/mol. The lowest BCUT2D eigenvalue weighted by atomic mass is 9.95. The number of aromatic nitrogens is 1. The summed E-state index contributed by atoms with van der Waals surface area (Å²) in [7, 11) is 0. The number of nitrogens with zero attached hydrogens (tertiary/aromatic N) is 1. The van der Waals surface area contributed by atoms with Crippen LogP contribution in [-0.4, -0.2) is 34.8 Å². The summed E-state index contributed by atoms with van der Waals surface area (Å²) in [6.45, 7) is 4.69. The highest BCUT2D eigenvalue weighted by Gasteiger charge is 2.26. The molecule has 0 unspecified atom stereocenters. The van der Waals surface area contributed by atoms with Crippen molar-refractivity contribution in [3.8, 4) is 0 Å². The van der Waals surface area contributed by atoms with Crippen molar-refractivity contribution >= 4 is 28.4 Å². The summed E-state index contributed by atoms with van der Waals surface area (Å²) in [5.74, 6) is -0.0666. The van der Waals surface area contributed by atoms with Crippen LogP contribution in [0.1, 0.15) is 25.3 Å². The molecule has 0 aliphatic carbocycles. The third-order valence-electron chi connectivity index (χ3n) is 4.63. The van der Waals surface area contributed by atoms with Gasteiger partial charge in [0.15, 0.2) is 0 Å². The SMILES string of the molecule is CC(=O)N1CCC(C(=O)Nc2ccc3c(C)cc(=O)[nH]c3c2)CC1. The van der Waals surface area contributed by atoms with Crippen molar-refractivity contribution in [3.63, 3.8) is 0 Å². The smallest absolute Gasteiger partial charge is 0.248 e. The fourth-order valence-electron chi connectivity index (χ4n) is 3.21. The number of piperidine rings is 1. The zero-order valence-electron chi connectivity index (χ0n) is 13.9. The Balaban J connectivity index is 1.72. The first-order valence-corrected chi connectivity index (χ1v) is 8.14. The Morgan fingerprint density at radius 1 is 1.21 bits per heavy atom. The molecule has 0 radical (unpaired) electrons. The molecule has 1 aromatic heterocycles. The number of benzene rings is 1. The molecule has 1 aromatic carbocycles. The summed E-state index contributed by atoms with van der Waals surface area (Å²) in [6.07, 6.45) is 1.35. The lowest BCUT2D eigenvalue weighted by Crippen LogP contribution is -2.40. The van der Waals surface area contributed by atoms with Crippen molar-refractivity contribution in [2.75, 3.05) is 18.4 Å². The number of likely N-dealkylation sites (tertiary alicyclic amines) is 1. The normalized spacial score (nSPS) is 15.5. The maximum atomic E-state index is 12.4. The van der Waals surface area contributed by atoms with E-state index in [1.807, 2.05) is 19.1 Å². The number of pyridine rings is 1. The van der Waals surface area contributed by atoms with Gasteiger partial charge in [0.1, 0.15) is 0 Å². The third kappa shape index (κ3) is 3.32. The number of H-pyrrole nitrogens is 1. The average molecular weight is 327 g/mol. The molecule has 0 spiro atoms. The number of amides is 2. The number of carbonyl (C=O) groups is 2. The number of hydrogen-bond acceptors (Lipinski definition) is 3. The monoisotopic (exact) mass is 327 g/mol. The Labute approximate surface area is 139 Å². The fourth-order valence-corrected chi connectivity index (χ4v) is 3.21. The summed E-state index contributed by atoms with van der Waals surface area (Å²) >= 11 is 0. The van der Waals surface area contributed by atoms with Crippen LogP contribution in [0.4, 0.5) is 5.69 Å². The Bertz CT molecular complexity index is 848. The summed E-state index contributed by atoms with van der Waals surface area (Å²) < 4.78 is 0. The van der Waals surface area contributed by atoms with Crippen LogP contribution >= 0.6 is 0 Å². The van der Waals surface area contributed by atoms with Crippen molar-refractivity contribution in [3.05, 3.63) is 40.2 Å². The first-order valence-electron chi connectivity index (χ1n) is 8.14. The number of aryl methyl sites for hydroxylation is 1. The van der Waals surface area contributed by atoms with Gasteiger partial charge in [-0.3, -0.25) is 14.4 Å². The minimum Gasteiger partial charge on any atom is -0.343 e. The van der Waals surface area contributed by atoms with Crippen molar-refractivity contribution in [2.24, 2.45) is 5.92 Å². The van der Waals surface area contributed by atoms with E-state index in [9.17, 15) is 14.4 Å². The van der Waals surface area contributed by atoms with Crippen LogP contribution in [0.5, 0.6) is 0 Å². The molecule has 126 valence electrons. The molecule has 1 fully saturated rings. The first-order chi connectivity index (χ1) is 11.4. The van der Waals surface area contributed by atoms with Crippen LogP contribution in [0.25, 0.3) is 10.9 Å². The lowest BCUT2D eigenvalue weighted by Gasteiger charge is -2.30. The second-order valence-electron chi connectivity index (χ2n) is 6.35. The zero-order chi connectivity index (χ0) is 17.3. The largest absolute Gasteiger partial charge is 0.343 e. The number of anilines is 1. The Morgan fingerprint density at radius 3 is 2.58 bits per heavy atom. The van der Waals surface area contributed by atoms with E-state index in [0.29, 0.717) is 37.1 Å². The summed E-state index contributed by atoms with van der Waals surface area (Å²) in [6, 6.07) is 7.08. The number of nitrogens with one attached hydrogen (secondary N) is 2. The van der Waals surface area contributed by atoms with Gasteiger partial charge < -0.3 is 15.2 Å². The van der Waals surface area contributed by atoms with E-state index in [4.69, 9.17) is 0 Å². The molecule has 2 N–H and O–H groups in total. The molecule has 2 amide bonds. The van der Waals surface area contributed by atoms with E-state index in [1.54, 1.807) is 24.0 Å². The predicted octanol–water partition coefficient (Wildman–Crippen LogP) is 2.03. The van der Waals surface area contributed by atoms with Crippen LogP contribution in [0.3, 0.4) is 0 Å². The van der Waals surface area contributed by atoms with Crippen molar-refractivity contribution < 1.29 is 9.59 Å². The summed E-state index contributed by atoms with van der Waals surface area (Å²) in [5, 5.41) is 3.88. The van der Waals surface area contributed by atoms with Crippen LogP contribution in [-0.2, 0) is 9.59 Å². The average Bonchev–Trinajstić information content (AvgIpc) is 2.54. The molecule has 6 heteroatoms. The lowest BCUT2D eigenvalue weighted by molar-refractivity contribution is -0.132. The minimum absolute atomic E-state index is 0.0347. The van der Waals surface area contributed by atoms with Gasteiger partial charge in [-0.05, 0) is 37.5 Å². The molecule has 2 aromatic rings. The van der Waals surface area contributed by atoms with Gasteiger partial charge in [0, 0.05) is 43.1 Å². The molecule has 24 heavy (non-hydrogen) atoms. The van der Waals surface area contributed by atoms with Crippen LogP contribution in [0, 0.1) is 12.8 Å². The van der Waals surface area contributed by atoms with E-state index in [2.05, 4.69) is 10.3 Å². The van der Waals surface area contributed by atoms with Gasteiger partial charge in [-0.1, -0.05) is 6.07 Å². The van der Waals surface area contributed by atoms with E-state index in [-0.39, 0.29) is 23.3 Å². The number of rotatable bonds is 2. The van der Waals surface area contributed by atoms with Gasteiger partial charge in [-0.15, -0.1) is 0 Å². The van der Waals surface area contributed by atoms with Gasteiger partial charge in [-0.2, -0.15) is 0 Å². The van der Waals surface area contributed by atoms with Crippen molar-refractivity contribution in [1.82, 2.24) is 9.88 Å². The first kappa shape index (κ1) is 16.2. The molecular formula is C18H21N3O3. The molecule has 1 aliphatic rings. The Morgan fingerprint density at radius 2 is 1.92 bits per heavy atom. The van der Waals surface area contributed by atoms with Crippen molar-refractivity contribution in [2.45, 2.75) is 26.7 Å². The van der Waals surface area contributed by atoms with Gasteiger partial charge in [-0.25, -0.2) is 0 Å². The zero-order valence-corrected chi connectivity index (χ0v) is 13.9. The molecule has 6 nitrogen and oxygen atoms in total. The summed E-state index contributed by atoms with van der Waals surface area (Å²) in [5.41, 5.74) is 2.13. The van der Waals surface area contributed by atoms with Gasteiger partial charge in [0.05, 0.1) is 5.52 Å². The van der Waals surface area contributed by atoms with Gasteiger partial charge in [0.25, 0.3) is 0 Å². The molecule has 2 heterocycles. The van der Waals surface area contributed by atoms with Crippen LogP contribution in [0.2, 0.25) is 0 Å². The Kier molecular flexibility index (Phi) is 4.38. The highest BCUT2D eigenvalue weighted by atomic mass is 16.2. The third-order valence-corrected chi connectivity index (χ3v) is 4.63. The molecule has 3 rings (SSSR count). The second-order valence-corrected chi connectivity index (χ2v) is 6.35. The van der Waals surface area contributed by atoms with Crippen LogP contribution < -0.4 is 10.9 Å². The molecule has 1 aliphatic heterocycles. The number of carbonyl (C=O) groups excluding carboxylic acids is 2. The number of fused-ring (bicyclic) bond motifs is 1. The van der Waals surface area contributed by atoms with Crippen molar-refractivity contribution in [1.29, 1.82) is 0 Å². The van der Waals surface area contributed by atoms with E-state index >= 15 is 0 Å². The quantitative estimate of drug-likeness (QED) is 0.885. The molecule has 0 bridgehead atoms.